The molecule has 0 aromatic heterocycles. The highest BCUT2D eigenvalue weighted by molar-refractivity contribution is 4.87. The fourth-order valence-corrected chi connectivity index (χ4v) is 2.31. The van der Waals surface area contributed by atoms with Gasteiger partial charge in [0.05, 0.1) is 18.3 Å². The van der Waals surface area contributed by atoms with Gasteiger partial charge in [-0.05, 0) is 32.1 Å². The minimum absolute atomic E-state index is 0.0150. The van der Waals surface area contributed by atoms with Gasteiger partial charge in [0.1, 0.15) is 0 Å². The summed E-state index contributed by atoms with van der Waals surface area (Å²) in [6, 6.07) is 0. The molecule has 0 radical (unpaired) electrons. The summed E-state index contributed by atoms with van der Waals surface area (Å²) in [5, 5.41) is 9.31. The molecule has 6 atom stereocenters. The molecule has 90 valence electrons. The molecule has 1 aliphatic rings. The predicted molar refractivity (Wildman–Crippen MR) is 59.5 cm³/mol. The molecule has 0 aromatic rings. The zero-order valence-electron chi connectivity index (χ0n) is 10.4. The maximum atomic E-state index is 9.31. The minimum Gasteiger partial charge on any atom is -0.372 e. The van der Waals surface area contributed by atoms with E-state index >= 15 is 0 Å². The van der Waals surface area contributed by atoms with Crippen LogP contribution in [0, 0.1) is 11.8 Å². The van der Waals surface area contributed by atoms with E-state index in [9.17, 15) is 5.11 Å². The summed E-state index contributed by atoms with van der Waals surface area (Å²) in [5.74, 6) is 0.893. The van der Waals surface area contributed by atoms with E-state index in [0.29, 0.717) is 11.8 Å². The third-order valence-electron chi connectivity index (χ3n) is 3.60. The van der Waals surface area contributed by atoms with Gasteiger partial charge in [0.15, 0.2) is 6.29 Å². The molecule has 0 amide bonds. The first-order chi connectivity index (χ1) is 6.97. The smallest absolute Gasteiger partial charge is 0.152 e. The van der Waals surface area contributed by atoms with E-state index in [2.05, 4.69) is 27.7 Å². The van der Waals surface area contributed by atoms with Gasteiger partial charge in [0, 0.05) is 0 Å². The molecule has 1 N–H and O–H groups in total. The molecule has 0 bridgehead atoms. The SMILES string of the molecule is CCC1O[C@@H](C)C(C)C(C)[C@@H]1O[C@@H](C)O. The van der Waals surface area contributed by atoms with Crippen molar-refractivity contribution < 1.29 is 14.6 Å². The molecule has 1 aliphatic heterocycles. The van der Waals surface area contributed by atoms with Gasteiger partial charge in [0.25, 0.3) is 0 Å². The van der Waals surface area contributed by atoms with Crippen LogP contribution < -0.4 is 0 Å². The molecule has 1 heterocycles. The molecule has 0 aliphatic carbocycles. The van der Waals surface area contributed by atoms with Crippen LogP contribution in [0.15, 0.2) is 0 Å². The highest BCUT2D eigenvalue weighted by atomic mass is 16.6. The lowest BCUT2D eigenvalue weighted by Crippen LogP contribution is -2.50. The van der Waals surface area contributed by atoms with E-state index in [-0.39, 0.29) is 18.3 Å². The molecule has 3 heteroatoms. The van der Waals surface area contributed by atoms with Crippen molar-refractivity contribution in [1.82, 2.24) is 0 Å². The van der Waals surface area contributed by atoms with Crippen LogP contribution in [0.1, 0.15) is 41.0 Å². The normalized spacial score (nSPS) is 44.0. The van der Waals surface area contributed by atoms with E-state index in [4.69, 9.17) is 9.47 Å². The molecule has 0 spiro atoms. The van der Waals surface area contributed by atoms with Crippen LogP contribution in [0.2, 0.25) is 0 Å². The molecule has 3 unspecified atom stereocenters. The summed E-state index contributed by atoms with van der Waals surface area (Å²) in [4.78, 5) is 0. The van der Waals surface area contributed by atoms with Gasteiger partial charge in [-0.25, -0.2) is 0 Å². The Labute approximate surface area is 92.8 Å². The van der Waals surface area contributed by atoms with Crippen molar-refractivity contribution in [1.29, 1.82) is 0 Å². The minimum atomic E-state index is -0.712. The molecule has 1 saturated heterocycles. The van der Waals surface area contributed by atoms with Gasteiger partial charge in [-0.2, -0.15) is 0 Å². The topological polar surface area (TPSA) is 38.7 Å². The van der Waals surface area contributed by atoms with Gasteiger partial charge >= 0.3 is 0 Å². The number of hydrogen-bond donors (Lipinski definition) is 1. The van der Waals surface area contributed by atoms with Crippen LogP contribution in [0.25, 0.3) is 0 Å². The molecule has 0 aromatic carbocycles. The molecular formula is C12H24O3. The average molecular weight is 216 g/mol. The fourth-order valence-electron chi connectivity index (χ4n) is 2.31. The van der Waals surface area contributed by atoms with Gasteiger partial charge in [-0.3, -0.25) is 0 Å². The third-order valence-corrected chi connectivity index (χ3v) is 3.60. The Balaban J connectivity index is 2.70. The molecule has 15 heavy (non-hydrogen) atoms. The summed E-state index contributed by atoms with van der Waals surface area (Å²) < 4.78 is 11.5. The van der Waals surface area contributed by atoms with Crippen molar-refractivity contribution >= 4 is 0 Å². The van der Waals surface area contributed by atoms with Gasteiger partial charge < -0.3 is 14.6 Å². The monoisotopic (exact) mass is 216 g/mol. The first-order valence-corrected chi connectivity index (χ1v) is 5.96. The van der Waals surface area contributed by atoms with Crippen molar-refractivity contribution in [2.24, 2.45) is 11.8 Å². The Kier molecular flexibility index (Phi) is 4.56. The number of aliphatic hydroxyl groups is 1. The Morgan fingerprint density at radius 1 is 1.27 bits per heavy atom. The van der Waals surface area contributed by atoms with E-state index in [1.165, 1.54) is 0 Å². The Morgan fingerprint density at radius 3 is 2.33 bits per heavy atom. The summed E-state index contributed by atoms with van der Waals surface area (Å²) in [5.41, 5.74) is 0. The average Bonchev–Trinajstić information content (AvgIpc) is 2.18. The standard InChI is InChI=1S/C12H24O3/c1-6-11-12(15-10(5)13)8(3)7(2)9(4)14-11/h7-13H,6H2,1-5H3/t7?,8?,9-,10-,11?,12-/m0/s1. The van der Waals surface area contributed by atoms with Crippen LogP contribution in [-0.4, -0.2) is 29.7 Å². The zero-order chi connectivity index (χ0) is 11.6. The van der Waals surface area contributed by atoms with Crippen molar-refractivity contribution in [3.63, 3.8) is 0 Å². The second-order valence-electron chi connectivity index (χ2n) is 4.71. The van der Waals surface area contributed by atoms with Gasteiger partial charge in [-0.15, -0.1) is 0 Å². The second-order valence-corrected chi connectivity index (χ2v) is 4.71. The maximum absolute atomic E-state index is 9.31. The molecule has 1 rings (SSSR count). The Morgan fingerprint density at radius 2 is 1.87 bits per heavy atom. The second kappa shape index (κ2) is 5.28. The first-order valence-electron chi connectivity index (χ1n) is 5.96. The van der Waals surface area contributed by atoms with Crippen LogP contribution in [0.4, 0.5) is 0 Å². The highest BCUT2D eigenvalue weighted by Gasteiger charge is 2.39. The number of rotatable bonds is 3. The predicted octanol–water partition coefficient (Wildman–Crippen LogP) is 2.18. The molecule has 0 saturated carbocycles. The van der Waals surface area contributed by atoms with Crippen LogP contribution in [-0.2, 0) is 9.47 Å². The lowest BCUT2D eigenvalue weighted by molar-refractivity contribution is -0.229. The van der Waals surface area contributed by atoms with Crippen LogP contribution in [0.5, 0.6) is 0 Å². The Bertz CT molecular complexity index is 191. The highest BCUT2D eigenvalue weighted by Crippen LogP contribution is 2.33. The van der Waals surface area contributed by atoms with E-state index in [1.807, 2.05) is 0 Å². The number of hydrogen-bond acceptors (Lipinski definition) is 3. The molecular weight excluding hydrogens is 192 g/mol. The number of aliphatic hydroxyl groups excluding tert-OH is 1. The third kappa shape index (κ3) is 2.92. The van der Waals surface area contributed by atoms with Crippen molar-refractivity contribution in [3.8, 4) is 0 Å². The van der Waals surface area contributed by atoms with Gasteiger partial charge in [0.2, 0.25) is 0 Å². The quantitative estimate of drug-likeness (QED) is 0.735. The molecule has 1 fully saturated rings. The summed E-state index contributed by atoms with van der Waals surface area (Å²) in [7, 11) is 0. The van der Waals surface area contributed by atoms with E-state index < -0.39 is 6.29 Å². The molecule has 3 nitrogen and oxygen atoms in total. The van der Waals surface area contributed by atoms with Crippen LogP contribution >= 0.6 is 0 Å². The Hall–Kier alpha value is -0.120. The van der Waals surface area contributed by atoms with Crippen molar-refractivity contribution in [2.75, 3.05) is 0 Å². The lowest BCUT2D eigenvalue weighted by Gasteiger charge is -2.43. The lowest BCUT2D eigenvalue weighted by atomic mass is 9.81. The van der Waals surface area contributed by atoms with E-state index in [0.717, 1.165) is 6.42 Å². The van der Waals surface area contributed by atoms with Gasteiger partial charge in [-0.1, -0.05) is 20.8 Å². The summed E-state index contributed by atoms with van der Waals surface area (Å²) in [6.45, 7) is 10.2. The first kappa shape index (κ1) is 12.9. The zero-order valence-corrected chi connectivity index (χ0v) is 10.4. The van der Waals surface area contributed by atoms with Crippen molar-refractivity contribution in [2.45, 2.75) is 65.6 Å². The summed E-state index contributed by atoms with van der Waals surface area (Å²) in [6.07, 6.45) is 0.621. The maximum Gasteiger partial charge on any atom is 0.152 e. The summed E-state index contributed by atoms with van der Waals surface area (Å²) >= 11 is 0. The fraction of sp³-hybridized carbons (Fsp3) is 1.00. The van der Waals surface area contributed by atoms with Crippen molar-refractivity contribution in [3.05, 3.63) is 0 Å². The number of ether oxygens (including phenoxy) is 2. The van der Waals surface area contributed by atoms with E-state index in [1.54, 1.807) is 6.92 Å². The van der Waals surface area contributed by atoms with Crippen LogP contribution in [0.3, 0.4) is 0 Å². The largest absolute Gasteiger partial charge is 0.372 e.